The van der Waals surface area contributed by atoms with Gasteiger partial charge in [0.05, 0.1) is 24.9 Å². The molecule has 0 radical (unpaired) electrons. The second-order valence-corrected chi connectivity index (χ2v) is 17.8. The standard InChI is InChI=1S/C36H60O8/c1-18(2)20-15-22(39)30-34(20,6)13-14-35(7)26-19(9-12-36(30,35)8)33(5)11-10-25(32(3,4)24(33)16-21(26)38)44-31-29(42)28(41)27(40)23(17-37)43-31/h9,18,20-31,37-42H,10-17H2,1-8H3/t20-,21-,22+,23+,24-,25-,26-,27+,28-,29+,30-,31-,33+,34-,35-,36+/m0/s1. The lowest BCUT2D eigenvalue weighted by Gasteiger charge is -2.70. The summed E-state index contributed by atoms with van der Waals surface area (Å²) in [6, 6.07) is 0. The molecule has 16 atom stereocenters. The molecule has 8 nitrogen and oxygen atoms in total. The Kier molecular flexibility index (Phi) is 8.11. The summed E-state index contributed by atoms with van der Waals surface area (Å²) in [5.41, 5.74) is 0.716. The first-order valence-electron chi connectivity index (χ1n) is 17.4. The lowest BCUT2D eigenvalue weighted by molar-refractivity contribution is -0.327. The van der Waals surface area contributed by atoms with E-state index in [0.29, 0.717) is 18.3 Å². The molecular formula is C36H60O8. The average Bonchev–Trinajstić information content (AvgIpc) is 3.23. The zero-order valence-electron chi connectivity index (χ0n) is 28.2. The van der Waals surface area contributed by atoms with Gasteiger partial charge in [0.25, 0.3) is 0 Å². The first kappa shape index (κ1) is 33.3. The van der Waals surface area contributed by atoms with Crippen molar-refractivity contribution in [1.29, 1.82) is 0 Å². The van der Waals surface area contributed by atoms with E-state index in [4.69, 9.17) is 9.47 Å². The Morgan fingerprint density at radius 1 is 0.864 bits per heavy atom. The van der Waals surface area contributed by atoms with E-state index < -0.39 is 48.8 Å². The van der Waals surface area contributed by atoms with Gasteiger partial charge in [0.1, 0.15) is 24.4 Å². The molecule has 0 amide bonds. The summed E-state index contributed by atoms with van der Waals surface area (Å²) in [5.74, 6) is 1.39. The maximum Gasteiger partial charge on any atom is 0.186 e. The van der Waals surface area contributed by atoms with Gasteiger partial charge in [-0.2, -0.15) is 0 Å². The van der Waals surface area contributed by atoms with Gasteiger partial charge < -0.3 is 40.1 Å². The Morgan fingerprint density at radius 3 is 2.18 bits per heavy atom. The van der Waals surface area contributed by atoms with Gasteiger partial charge in [-0.25, -0.2) is 0 Å². The van der Waals surface area contributed by atoms with E-state index in [1.54, 1.807) is 0 Å². The van der Waals surface area contributed by atoms with Gasteiger partial charge in [0.15, 0.2) is 6.29 Å². The molecule has 0 bridgehead atoms. The number of ether oxygens (including phenoxy) is 2. The molecule has 6 N–H and O–H groups in total. The minimum atomic E-state index is -1.48. The first-order chi connectivity index (χ1) is 20.4. The number of allylic oxidation sites excluding steroid dienone is 1. The van der Waals surface area contributed by atoms with Gasteiger partial charge >= 0.3 is 0 Å². The van der Waals surface area contributed by atoms with Crippen molar-refractivity contribution in [2.24, 2.45) is 56.7 Å². The lowest BCUT2D eigenvalue weighted by atomic mass is 9.35. The van der Waals surface area contributed by atoms with E-state index in [-0.39, 0.29) is 51.6 Å². The van der Waals surface area contributed by atoms with Crippen LogP contribution in [-0.2, 0) is 9.47 Å². The highest BCUT2D eigenvalue weighted by molar-refractivity contribution is 5.35. The molecule has 0 aromatic heterocycles. The quantitative estimate of drug-likeness (QED) is 0.206. The zero-order valence-corrected chi connectivity index (χ0v) is 28.2. The second-order valence-electron chi connectivity index (χ2n) is 17.8. The van der Waals surface area contributed by atoms with Gasteiger partial charge in [0, 0.05) is 5.92 Å². The third-order valence-electron chi connectivity index (χ3n) is 15.3. The number of fused-ring (bicyclic) bond motifs is 7. The maximum atomic E-state index is 12.2. The van der Waals surface area contributed by atoms with Crippen LogP contribution in [0.3, 0.4) is 0 Å². The van der Waals surface area contributed by atoms with E-state index in [2.05, 4.69) is 61.5 Å². The van der Waals surface area contributed by atoms with Crippen molar-refractivity contribution in [2.45, 2.75) is 149 Å². The van der Waals surface area contributed by atoms with Gasteiger partial charge in [0.2, 0.25) is 0 Å². The van der Waals surface area contributed by atoms with Crippen LogP contribution in [-0.4, -0.2) is 86.3 Å². The Morgan fingerprint density at radius 2 is 1.55 bits per heavy atom. The molecule has 1 heterocycles. The molecule has 0 spiro atoms. The minimum absolute atomic E-state index is 0.0380. The topological polar surface area (TPSA) is 140 Å². The zero-order chi connectivity index (χ0) is 32.4. The van der Waals surface area contributed by atoms with Gasteiger partial charge in [-0.1, -0.05) is 67.0 Å². The molecule has 0 aromatic carbocycles. The van der Waals surface area contributed by atoms with Crippen LogP contribution in [0, 0.1) is 56.7 Å². The fourth-order valence-electron chi connectivity index (χ4n) is 12.8. The molecule has 5 aliphatic carbocycles. The van der Waals surface area contributed by atoms with E-state index in [0.717, 1.165) is 38.5 Å². The van der Waals surface area contributed by atoms with Crippen molar-refractivity contribution in [3.05, 3.63) is 11.6 Å². The van der Waals surface area contributed by atoms with Crippen LogP contribution in [0.2, 0.25) is 0 Å². The number of rotatable bonds is 4. The fourth-order valence-corrected chi connectivity index (χ4v) is 12.8. The van der Waals surface area contributed by atoms with Crippen LogP contribution in [0.1, 0.15) is 100 Å². The summed E-state index contributed by atoms with van der Waals surface area (Å²) in [5, 5.41) is 64.9. The first-order valence-corrected chi connectivity index (χ1v) is 17.4. The van der Waals surface area contributed by atoms with Crippen molar-refractivity contribution in [1.82, 2.24) is 0 Å². The van der Waals surface area contributed by atoms with E-state index >= 15 is 0 Å². The van der Waals surface area contributed by atoms with Crippen LogP contribution < -0.4 is 0 Å². The minimum Gasteiger partial charge on any atom is -0.394 e. The summed E-state index contributed by atoms with van der Waals surface area (Å²) >= 11 is 0. The van der Waals surface area contributed by atoms with Crippen LogP contribution in [0.25, 0.3) is 0 Å². The Hall–Kier alpha value is -0.580. The summed E-state index contributed by atoms with van der Waals surface area (Å²) < 4.78 is 12.2. The summed E-state index contributed by atoms with van der Waals surface area (Å²) in [6.07, 6.45) is 0.966. The third kappa shape index (κ3) is 4.30. The van der Waals surface area contributed by atoms with E-state index in [1.165, 1.54) is 5.57 Å². The van der Waals surface area contributed by atoms with Crippen molar-refractivity contribution < 1.29 is 40.1 Å². The highest BCUT2D eigenvalue weighted by atomic mass is 16.7. The number of hydrogen-bond acceptors (Lipinski definition) is 8. The smallest absolute Gasteiger partial charge is 0.186 e. The van der Waals surface area contributed by atoms with Crippen LogP contribution in [0.15, 0.2) is 11.6 Å². The largest absolute Gasteiger partial charge is 0.394 e. The highest BCUT2D eigenvalue weighted by Gasteiger charge is 2.71. The van der Waals surface area contributed by atoms with Crippen LogP contribution in [0.4, 0.5) is 0 Å². The van der Waals surface area contributed by atoms with Gasteiger partial charge in [-0.15, -0.1) is 0 Å². The molecule has 1 aliphatic heterocycles. The molecule has 0 unspecified atom stereocenters. The predicted molar refractivity (Wildman–Crippen MR) is 166 cm³/mol. The molecule has 0 aromatic rings. The normalized spacial score (nSPS) is 56.8. The predicted octanol–water partition coefficient (Wildman–Crippen LogP) is 3.79. The van der Waals surface area contributed by atoms with Gasteiger partial charge in [-0.3, -0.25) is 0 Å². The summed E-state index contributed by atoms with van der Waals surface area (Å²) in [6.45, 7) is 18.2. The molecule has 252 valence electrons. The summed E-state index contributed by atoms with van der Waals surface area (Å²) in [4.78, 5) is 0. The molecular weight excluding hydrogens is 560 g/mol. The molecule has 4 saturated carbocycles. The molecule has 6 rings (SSSR count). The monoisotopic (exact) mass is 620 g/mol. The molecule has 1 saturated heterocycles. The Balaban J connectivity index is 1.30. The van der Waals surface area contributed by atoms with Crippen molar-refractivity contribution >= 4 is 0 Å². The third-order valence-corrected chi connectivity index (χ3v) is 15.3. The number of aliphatic hydroxyl groups excluding tert-OH is 6. The molecule has 8 heteroatoms. The SMILES string of the molecule is CC(C)[C@@H]1C[C@@H](O)[C@H]2[C@@]1(C)CC[C@@]1(C)[C@H]3C(=CC[C@]21C)[C@@]1(C)CC[C@H](O[C@@H]2O[C@H](CO)[C@@H](O)[C@H](O)[C@H]2O)C(C)(C)[C@@H]1C[C@@H]3O. The van der Waals surface area contributed by atoms with Crippen LogP contribution in [0.5, 0.6) is 0 Å². The Labute approximate surface area is 264 Å². The van der Waals surface area contributed by atoms with Crippen LogP contribution >= 0.6 is 0 Å². The summed E-state index contributed by atoms with van der Waals surface area (Å²) in [7, 11) is 0. The molecule has 44 heavy (non-hydrogen) atoms. The van der Waals surface area contributed by atoms with Crippen molar-refractivity contribution in [3.63, 3.8) is 0 Å². The molecule has 5 fully saturated rings. The second kappa shape index (κ2) is 10.7. The van der Waals surface area contributed by atoms with Gasteiger partial charge in [-0.05, 0) is 95.7 Å². The maximum absolute atomic E-state index is 12.2. The van der Waals surface area contributed by atoms with Crippen molar-refractivity contribution in [2.75, 3.05) is 6.61 Å². The van der Waals surface area contributed by atoms with E-state index in [1.807, 2.05) is 0 Å². The molecule has 6 aliphatic rings. The Bertz CT molecular complexity index is 1140. The highest BCUT2D eigenvalue weighted by Crippen LogP contribution is 2.76. The average molecular weight is 621 g/mol. The fraction of sp³-hybridized carbons (Fsp3) is 0.944. The van der Waals surface area contributed by atoms with E-state index in [9.17, 15) is 30.6 Å². The number of aliphatic hydroxyl groups is 6. The van der Waals surface area contributed by atoms with Crippen molar-refractivity contribution in [3.8, 4) is 0 Å². The number of hydrogen-bond donors (Lipinski definition) is 6. The lowest BCUT2D eigenvalue weighted by Crippen LogP contribution is -2.66.